The Morgan fingerprint density at radius 1 is 1.58 bits per heavy atom. The highest BCUT2D eigenvalue weighted by Gasteiger charge is 2.23. The number of nitrogens with zero attached hydrogens (tertiary/aromatic N) is 3. The van der Waals surface area contributed by atoms with E-state index in [2.05, 4.69) is 27.6 Å². The van der Waals surface area contributed by atoms with E-state index in [0.29, 0.717) is 12.5 Å². The van der Waals surface area contributed by atoms with Gasteiger partial charge < -0.3 is 5.32 Å². The average Bonchev–Trinajstić information content (AvgIpc) is 2.81. The van der Waals surface area contributed by atoms with Crippen LogP contribution in [0.15, 0.2) is 6.20 Å². The lowest BCUT2D eigenvalue weighted by Gasteiger charge is -2.12. The van der Waals surface area contributed by atoms with Gasteiger partial charge in [0.15, 0.2) is 0 Å². The molecule has 0 aliphatic heterocycles. The lowest BCUT2D eigenvalue weighted by molar-refractivity contribution is -0.384. The van der Waals surface area contributed by atoms with Crippen LogP contribution < -0.4 is 16.6 Å². The molecular formula is C11H18N6O2. The zero-order valence-corrected chi connectivity index (χ0v) is 10.8. The minimum absolute atomic E-state index is 0.134. The van der Waals surface area contributed by atoms with E-state index >= 15 is 0 Å². The van der Waals surface area contributed by atoms with Gasteiger partial charge in [-0.3, -0.25) is 15.5 Å². The lowest BCUT2D eigenvalue weighted by atomic mass is 10.1. The molecule has 8 heteroatoms. The summed E-state index contributed by atoms with van der Waals surface area (Å²) in [7, 11) is 0. The number of hydrogen-bond acceptors (Lipinski definition) is 7. The van der Waals surface area contributed by atoms with Crippen LogP contribution in [0.5, 0.6) is 0 Å². The van der Waals surface area contributed by atoms with Crippen molar-refractivity contribution in [1.29, 1.82) is 0 Å². The van der Waals surface area contributed by atoms with Gasteiger partial charge in [0.05, 0.1) is 4.92 Å². The quantitative estimate of drug-likeness (QED) is 0.420. The maximum Gasteiger partial charge on any atom is 0.329 e. The van der Waals surface area contributed by atoms with Crippen LogP contribution in [0.2, 0.25) is 0 Å². The summed E-state index contributed by atoms with van der Waals surface area (Å²) >= 11 is 0. The van der Waals surface area contributed by atoms with Gasteiger partial charge in [0.25, 0.3) is 0 Å². The molecule has 1 heterocycles. The van der Waals surface area contributed by atoms with Crippen molar-refractivity contribution < 1.29 is 4.92 Å². The lowest BCUT2D eigenvalue weighted by Crippen LogP contribution is -2.16. The molecule has 0 bridgehead atoms. The Balaban J connectivity index is 2.06. The number of hydrazine groups is 1. The van der Waals surface area contributed by atoms with Crippen molar-refractivity contribution in [3.05, 3.63) is 16.3 Å². The maximum atomic E-state index is 10.9. The summed E-state index contributed by atoms with van der Waals surface area (Å²) in [6.07, 6.45) is 4.67. The van der Waals surface area contributed by atoms with Crippen LogP contribution in [-0.2, 0) is 0 Å². The normalized spacial score (nSPS) is 22.2. The second kappa shape index (κ2) is 5.79. The highest BCUT2D eigenvalue weighted by Crippen LogP contribution is 2.31. The van der Waals surface area contributed by atoms with Crippen LogP contribution in [0.1, 0.15) is 26.2 Å². The molecule has 0 amide bonds. The molecular weight excluding hydrogens is 248 g/mol. The molecule has 1 aromatic heterocycles. The molecule has 1 aromatic rings. The molecule has 2 atom stereocenters. The van der Waals surface area contributed by atoms with E-state index in [1.54, 1.807) is 0 Å². The van der Waals surface area contributed by atoms with Crippen molar-refractivity contribution >= 4 is 17.5 Å². The number of nitro groups is 1. The molecule has 104 valence electrons. The Morgan fingerprint density at radius 2 is 2.37 bits per heavy atom. The third kappa shape index (κ3) is 3.28. The number of nitrogens with two attached hydrogens (primary N) is 1. The van der Waals surface area contributed by atoms with Crippen molar-refractivity contribution in [3.63, 3.8) is 0 Å². The Morgan fingerprint density at radius 3 is 2.95 bits per heavy atom. The fourth-order valence-electron chi connectivity index (χ4n) is 2.46. The van der Waals surface area contributed by atoms with Crippen molar-refractivity contribution in [1.82, 2.24) is 9.97 Å². The van der Waals surface area contributed by atoms with Gasteiger partial charge in [-0.2, -0.15) is 4.98 Å². The molecule has 1 saturated carbocycles. The number of aromatic nitrogens is 2. The van der Waals surface area contributed by atoms with Crippen LogP contribution in [0.3, 0.4) is 0 Å². The topological polar surface area (TPSA) is 119 Å². The third-order valence-corrected chi connectivity index (χ3v) is 3.46. The molecule has 0 spiro atoms. The molecule has 1 aliphatic rings. The van der Waals surface area contributed by atoms with Crippen LogP contribution in [-0.4, -0.2) is 21.4 Å². The van der Waals surface area contributed by atoms with Gasteiger partial charge in [0.1, 0.15) is 6.20 Å². The molecule has 2 rings (SSSR count). The second-order valence-corrected chi connectivity index (χ2v) is 4.99. The predicted molar refractivity (Wildman–Crippen MR) is 71.5 cm³/mol. The van der Waals surface area contributed by atoms with Crippen molar-refractivity contribution in [2.45, 2.75) is 26.2 Å². The fourth-order valence-corrected chi connectivity index (χ4v) is 2.46. The predicted octanol–water partition coefficient (Wildman–Crippen LogP) is 1.52. The van der Waals surface area contributed by atoms with Gasteiger partial charge in [0, 0.05) is 6.54 Å². The van der Waals surface area contributed by atoms with E-state index in [-0.39, 0.29) is 17.5 Å². The SMILES string of the molecule is CC1CCC(CNc2nc(NN)ncc2[N+](=O)[O-])C1. The number of nitrogens with one attached hydrogen (secondary N) is 2. The van der Waals surface area contributed by atoms with E-state index in [9.17, 15) is 10.1 Å². The highest BCUT2D eigenvalue weighted by molar-refractivity contribution is 5.56. The van der Waals surface area contributed by atoms with Gasteiger partial charge in [-0.25, -0.2) is 10.8 Å². The molecule has 8 nitrogen and oxygen atoms in total. The summed E-state index contributed by atoms with van der Waals surface area (Å²) in [5.41, 5.74) is 2.15. The van der Waals surface area contributed by atoms with Crippen LogP contribution in [0, 0.1) is 22.0 Å². The zero-order chi connectivity index (χ0) is 13.8. The van der Waals surface area contributed by atoms with Crippen molar-refractivity contribution in [2.75, 3.05) is 17.3 Å². The Labute approximate surface area is 110 Å². The van der Waals surface area contributed by atoms with Crippen LogP contribution in [0.25, 0.3) is 0 Å². The molecule has 4 N–H and O–H groups in total. The van der Waals surface area contributed by atoms with Crippen LogP contribution >= 0.6 is 0 Å². The van der Waals surface area contributed by atoms with E-state index in [4.69, 9.17) is 5.84 Å². The summed E-state index contributed by atoms with van der Waals surface area (Å²) in [5.74, 6) is 6.85. The standard InChI is InChI=1S/C11H18N6O2/c1-7-2-3-8(4-7)5-13-10-9(17(18)19)6-14-11(15-10)16-12/h6-8H,2-5,12H2,1H3,(H2,13,14,15,16). The Bertz CT molecular complexity index is 466. The largest absolute Gasteiger partial charge is 0.364 e. The monoisotopic (exact) mass is 266 g/mol. The third-order valence-electron chi connectivity index (χ3n) is 3.46. The summed E-state index contributed by atoms with van der Waals surface area (Å²) in [6, 6.07) is 0. The number of hydrogen-bond donors (Lipinski definition) is 3. The second-order valence-electron chi connectivity index (χ2n) is 4.99. The Kier molecular flexibility index (Phi) is 4.10. The van der Waals surface area contributed by atoms with E-state index in [1.165, 1.54) is 6.42 Å². The summed E-state index contributed by atoms with van der Waals surface area (Å²) < 4.78 is 0. The van der Waals surface area contributed by atoms with Crippen LogP contribution in [0.4, 0.5) is 17.5 Å². The number of nitrogen functional groups attached to an aromatic ring is 1. The zero-order valence-electron chi connectivity index (χ0n) is 10.8. The van der Waals surface area contributed by atoms with E-state index in [1.807, 2.05) is 0 Å². The van der Waals surface area contributed by atoms with Gasteiger partial charge in [-0.05, 0) is 24.7 Å². The smallest absolute Gasteiger partial charge is 0.329 e. The first-order valence-electron chi connectivity index (χ1n) is 6.32. The summed E-state index contributed by atoms with van der Waals surface area (Å²) in [6.45, 7) is 2.91. The molecule has 19 heavy (non-hydrogen) atoms. The first kappa shape index (κ1) is 13.5. The Hall–Kier alpha value is -1.96. The number of anilines is 2. The molecule has 1 aliphatic carbocycles. The van der Waals surface area contributed by atoms with Crippen molar-refractivity contribution in [2.24, 2.45) is 17.7 Å². The maximum absolute atomic E-state index is 10.9. The summed E-state index contributed by atoms with van der Waals surface area (Å²) in [5, 5.41) is 13.9. The van der Waals surface area contributed by atoms with Gasteiger partial charge in [-0.1, -0.05) is 13.3 Å². The first-order valence-corrected chi connectivity index (χ1v) is 6.32. The van der Waals surface area contributed by atoms with Crippen molar-refractivity contribution in [3.8, 4) is 0 Å². The number of rotatable bonds is 5. The minimum atomic E-state index is -0.500. The van der Waals surface area contributed by atoms with E-state index < -0.39 is 4.92 Å². The minimum Gasteiger partial charge on any atom is -0.364 e. The molecule has 0 radical (unpaired) electrons. The molecule has 0 saturated heterocycles. The first-order chi connectivity index (χ1) is 9.10. The summed E-state index contributed by atoms with van der Waals surface area (Å²) in [4.78, 5) is 18.1. The molecule has 1 fully saturated rings. The van der Waals surface area contributed by atoms with Gasteiger partial charge >= 0.3 is 5.69 Å². The molecule has 0 aromatic carbocycles. The fraction of sp³-hybridized carbons (Fsp3) is 0.636. The molecule has 2 unspecified atom stereocenters. The van der Waals surface area contributed by atoms with Gasteiger partial charge in [-0.15, -0.1) is 0 Å². The highest BCUT2D eigenvalue weighted by atomic mass is 16.6. The van der Waals surface area contributed by atoms with E-state index in [0.717, 1.165) is 25.0 Å². The average molecular weight is 266 g/mol. The van der Waals surface area contributed by atoms with Gasteiger partial charge in [0.2, 0.25) is 11.8 Å².